The average Bonchev–Trinajstić information content (AvgIpc) is 2.20. The molecule has 4 heteroatoms. The van der Waals surface area contributed by atoms with E-state index in [0.717, 1.165) is 25.7 Å². The molecule has 0 aromatic heterocycles. The highest BCUT2D eigenvalue weighted by atomic mass is 35.7. The maximum atomic E-state index is 11.3. The fraction of sp³-hybridized carbons (Fsp3) is 1.00. The van der Waals surface area contributed by atoms with E-state index in [4.69, 9.17) is 10.7 Å². The molecule has 1 unspecified atom stereocenters. The van der Waals surface area contributed by atoms with Crippen LogP contribution in [0, 0.1) is 0 Å². The summed E-state index contributed by atoms with van der Waals surface area (Å²) in [5.41, 5.74) is 0. The fourth-order valence-electron chi connectivity index (χ4n) is 1.90. The van der Waals surface area contributed by atoms with Crippen molar-refractivity contribution in [3.8, 4) is 0 Å². The lowest BCUT2D eigenvalue weighted by molar-refractivity contribution is 0.539. The Kier molecular flexibility index (Phi) is 9.43. The highest BCUT2D eigenvalue weighted by molar-refractivity contribution is 8.14. The van der Waals surface area contributed by atoms with Gasteiger partial charge in [-0.15, -0.1) is 0 Å². The molecule has 1 atom stereocenters. The Bertz CT molecular complexity index is 250. The normalized spacial score (nSPS) is 13.9. The summed E-state index contributed by atoms with van der Waals surface area (Å²) in [6.45, 7) is 4.19. The molecular formula is C12H25ClO2S. The van der Waals surface area contributed by atoms with Crippen LogP contribution in [-0.2, 0) is 9.05 Å². The van der Waals surface area contributed by atoms with Gasteiger partial charge in [0, 0.05) is 10.7 Å². The topological polar surface area (TPSA) is 34.1 Å². The van der Waals surface area contributed by atoms with Crippen LogP contribution in [0.5, 0.6) is 0 Å². The minimum absolute atomic E-state index is 0.328. The van der Waals surface area contributed by atoms with Gasteiger partial charge in [0.25, 0.3) is 0 Å². The summed E-state index contributed by atoms with van der Waals surface area (Å²) in [5.74, 6) is 0. The monoisotopic (exact) mass is 268 g/mol. The average molecular weight is 269 g/mol. The Hall–Kier alpha value is 0.240. The second-order valence-electron chi connectivity index (χ2n) is 4.44. The van der Waals surface area contributed by atoms with Crippen LogP contribution in [0.3, 0.4) is 0 Å². The standard InChI is InChI=1S/C12H25ClO2S/c1-3-5-6-7-8-9-11-12(10-4-2)16(13,14)15/h12H,3-11H2,1-2H3. The van der Waals surface area contributed by atoms with Crippen LogP contribution in [0.25, 0.3) is 0 Å². The molecule has 0 aliphatic heterocycles. The van der Waals surface area contributed by atoms with E-state index >= 15 is 0 Å². The zero-order valence-electron chi connectivity index (χ0n) is 10.5. The van der Waals surface area contributed by atoms with Crippen LogP contribution in [-0.4, -0.2) is 13.7 Å². The summed E-state index contributed by atoms with van der Waals surface area (Å²) in [6, 6.07) is 0. The first-order chi connectivity index (χ1) is 7.52. The second kappa shape index (κ2) is 9.29. The minimum Gasteiger partial charge on any atom is -0.212 e. The van der Waals surface area contributed by atoms with Gasteiger partial charge in [-0.25, -0.2) is 8.42 Å². The molecule has 0 saturated heterocycles. The molecule has 0 spiro atoms. The molecular weight excluding hydrogens is 244 g/mol. The van der Waals surface area contributed by atoms with Crippen molar-refractivity contribution in [2.24, 2.45) is 0 Å². The summed E-state index contributed by atoms with van der Waals surface area (Å²) in [6.07, 6.45) is 9.43. The van der Waals surface area contributed by atoms with E-state index < -0.39 is 9.05 Å². The molecule has 0 N–H and O–H groups in total. The molecule has 0 radical (unpaired) electrons. The second-order valence-corrected chi connectivity index (χ2v) is 7.35. The smallest absolute Gasteiger partial charge is 0.212 e. The van der Waals surface area contributed by atoms with Crippen LogP contribution in [0.4, 0.5) is 0 Å². The van der Waals surface area contributed by atoms with Gasteiger partial charge >= 0.3 is 0 Å². The van der Waals surface area contributed by atoms with Gasteiger partial charge in [0.2, 0.25) is 9.05 Å². The molecule has 16 heavy (non-hydrogen) atoms. The van der Waals surface area contributed by atoms with E-state index in [1.54, 1.807) is 0 Å². The number of hydrogen-bond acceptors (Lipinski definition) is 2. The molecule has 0 aliphatic rings. The molecule has 2 nitrogen and oxygen atoms in total. The molecule has 0 saturated carbocycles. The van der Waals surface area contributed by atoms with Gasteiger partial charge in [-0.05, 0) is 12.8 Å². The van der Waals surface area contributed by atoms with Crippen molar-refractivity contribution in [1.29, 1.82) is 0 Å². The summed E-state index contributed by atoms with van der Waals surface area (Å²) < 4.78 is 22.5. The molecule has 0 rings (SSSR count). The molecule has 0 heterocycles. The van der Waals surface area contributed by atoms with Gasteiger partial charge < -0.3 is 0 Å². The highest BCUT2D eigenvalue weighted by Gasteiger charge is 2.21. The highest BCUT2D eigenvalue weighted by Crippen LogP contribution is 2.20. The van der Waals surface area contributed by atoms with Crippen LogP contribution in [0.2, 0.25) is 0 Å². The van der Waals surface area contributed by atoms with Crippen molar-refractivity contribution in [2.45, 2.75) is 76.9 Å². The summed E-state index contributed by atoms with van der Waals surface area (Å²) >= 11 is 0. The van der Waals surface area contributed by atoms with E-state index in [9.17, 15) is 8.42 Å². The number of rotatable bonds is 10. The third-order valence-electron chi connectivity index (χ3n) is 2.89. The van der Waals surface area contributed by atoms with E-state index in [-0.39, 0.29) is 5.25 Å². The van der Waals surface area contributed by atoms with Crippen molar-refractivity contribution in [3.05, 3.63) is 0 Å². The van der Waals surface area contributed by atoms with Crippen LogP contribution < -0.4 is 0 Å². The Morgan fingerprint density at radius 3 is 1.94 bits per heavy atom. The largest absolute Gasteiger partial charge is 0.235 e. The Balaban J connectivity index is 3.70. The van der Waals surface area contributed by atoms with Crippen molar-refractivity contribution in [3.63, 3.8) is 0 Å². The van der Waals surface area contributed by atoms with E-state index in [1.807, 2.05) is 6.92 Å². The SMILES string of the molecule is CCCCCCCCC(CCC)S(=O)(=O)Cl. The molecule has 0 aromatic carbocycles. The quantitative estimate of drug-likeness (QED) is 0.433. The zero-order valence-corrected chi connectivity index (χ0v) is 12.1. The number of unbranched alkanes of at least 4 members (excludes halogenated alkanes) is 5. The third-order valence-corrected chi connectivity index (χ3v) is 4.91. The van der Waals surface area contributed by atoms with Crippen molar-refractivity contribution in [2.75, 3.05) is 0 Å². The lowest BCUT2D eigenvalue weighted by Crippen LogP contribution is -2.15. The Labute approximate surface area is 105 Å². The van der Waals surface area contributed by atoms with Crippen molar-refractivity contribution >= 4 is 19.7 Å². The fourth-order valence-corrected chi connectivity index (χ4v) is 3.40. The van der Waals surface area contributed by atoms with E-state index in [0.29, 0.717) is 6.42 Å². The molecule has 0 aromatic rings. The van der Waals surface area contributed by atoms with E-state index in [1.165, 1.54) is 25.7 Å². The van der Waals surface area contributed by atoms with E-state index in [2.05, 4.69) is 6.92 Å². The minimum atomic E-state index is -3.35. The first-order valence-electron chi connectivity index (χ1n) is 6.45. The maximum Gasteiger partial charge on any atom is 0.235 e. The first kappa shape index (κ1) is 16.2. The zero-order chi connectivity index (χ0) is 12.4. The van der Waals surface area contributed by atoms with Gasteiger partial charge in [0.15, 0.2) is 0 Å². The van der Waals surface area contributed by atoms with Gasteiger partial charge in [-0.2, -0.15) is 0 Å². The van der Waals surface area contributed by atoms with Crippen molar-refractivity contribution in [1.82, 2.24) is 0 Å². The lowest BCUT2D eigenvalue weighted by atomic mass is 10.1. The van der Waals surface area contributed by atoms with Gasteiger partial charge in [-0.1, -0.05) is 58.8 Å². The predicted molar refractivity (Wildman–Crippen MR) is 71.5 cm³/mol. The Morgan fingerprint density at radius 2 is 1.44 bits per heavy atom. The maximum absolute atomic E-state index is 11.3. The number of hydrogen-bond donors (Lipinski definition) is 0. The molecule has 0 amide bonds. The summed E-state index contributed by atoms with van der Waals surface area (Å²) in [5, 5.41) is -0.328. The molecule has 0 aliphatic carbocycles. The molecule has 98 valence electrons. The Morgan fingerprint density at radius 1 is 0.875 bits per heavy atom. The summed E-state index contributed by atoms with van der Waals surface area (Å²) in [4.78, 5) is 0. The van der Waals surface area contributed by atoms with Crippen LogP contribution >= 0.6 is 10.7 Å². The molecule has 0 bridgehead atoms. The van der Waals surface area contributed by atoms with Crippen LogP contribution in [0.15, 0.2) is 0 Å². The number of halogens is 1. The van der Waals surface area contributed by atoms with Crippen LogP contribution in [0.1, 0.15) is 71.6 Å². The first-order valence-corrected chi connectivity index (χ1v) is 8.83. The third kappa shape index (κ3) is 8.40. The van der Waals surface area contributed by atoms with Crippen molar-refractivity contribution < 1.29 is 8.42 Å². The van der Waals surface area contributed by atoms with Gasteiger partial charge in [-0.3, -0.25) is 0 Å². The van der Waals surface area contributed by atoms with Gasteiger partial charge in [0.05, 0.1) is 5.25 Å². The van der Waals surface area contributed by atoms with Gasteiger partial charge in [0.1, 0.15) is 0 Å². The predicted octanol–water partition coefficient (Wildman–Crippen LogP) is 4.47. The molecule has 0 fully saturated rings. The lowest BCUT2D eigenvalue weighted by Gasteiger charge is -2.11. The summed E-state index contributed by atoms with van der Waals surface area (Å²) in [7, 11) is 2.06.